The second-order valence-electron chi connectivity index (χ2n) is 16.2. The summed E-state index contributed by atoms with van der Waals surface area (Å²) in [6.07, 6.45) is 9.82. The van der Waals surface area contributed by atoms with Gasteiger partial charge in [-0.15, -0.1) is 0 Å². The highest BCUT2D eigenvalue weighted by atomic mass is 16.6. The third kappa shape index (κ3) is 12.9. The van der Waals surface area contributed by atoms with Gasteiger partial charge in [0, 0.05) is 19.5 Å². The highest BCUT2D eigenvalue weighted by Crippen LogP contribution is 2.29. The molecule has 0 aliphatic heterocycles. The number of amides is 3. The minimum atomic E-state index is -1.27. The normalized spacial score (nSPS) is 12.7. The Bertz CT molecular complexity index is 2480. The van der Waals surface area contributed by atoms with Gasteiger partial charge in [0.1, 0.15) is 54.8 Å². The Kier molecular flexibility index (Phi) is 14.1. The van der Waals surface area contributed by atoms with Crippen molar-refractivity contribution in [2.24, 2.45) is 0 Å². The summed E-state index contributed by atoms with van der Waals surface area (Å²) in [5.41, 5.74) is 3.36. The molecule has 6 aromatic rings. The Balaban J connectivity index is 1.07. The summed E-state index contributed by atoms with van der Waals surface area (Å²) in [6.45, 7) is 11.5. The number of hydrogen-bond donors (Lipinski definition) is 5. The van der Waals surface area contributed by atoms with Crippen LogP contribution in [-0.4, -0.2) is 83.4 Å². The van der Waals surface area contributed by atoms with E-state index >= 15 is 0 Å². The van der Waals surface area contributed by atoms with Crippen molar-refractivity contribution in [3.8, 4) is 46.3 Å². The van der Waals surface area contributed by atoms with Crippen molar-refractivity contribution < 1.29 is 66.0 Å². The molecule has 0 radical (unpaired) electrons. The van der Waals surface area contributed by atoms with Crippen molar-refractivity contribution in [2.45, 2.75) is 103 Å². The summed E-state index contributed by atoms with van der Waals surface area (Å²) < 4.78 is 43.9. The minimum Gasteiger partial charge on any atom is -0.476 e. The maximum Gasteiger partial charge on any atom is 0.407 e. The van der Waals surface area contributed by atoms with E-state index in [0.717, 1.165) is 12.7 Å². The number of carbonyl (C=O) groups is 4. The van der Waals surface area contributed by atoms with E-state index in [1.165, 1.54) is 31.3 Å². The van der Waals surface area contributed by atoms with Crippen molar-refractivity contribution in [1.29, 1.82) is 0 Å². The first-order valence-corrected chi connectivity index (χ1v) is 20.0. The molecule has 0 bridgehead atoms. The van der Waals surface area contributed by atoms with Gasteiger partial charge < -0.3 is 62.8 Å². The summed E-state index contributed by atoms with van der Waals surface area (Å²) >= 11 is 0. The zero-order chi connectivity index (χ0) is 45.3. The molecule has 6 aromatic heterocycles. The number of carboxylic acid groups (broad SMARTS) is 1. The number of quaternary nitrogens is 1. The van der Waals surface area contributed by atoms with Crippen molar-refractivity contribution in [1.82, 2.24) is 45.9 Å². The molecule has 6 rings (SSSR count). The molecular formula is C40H49N10O13+. The van der Waals surface area contributed by atoms with Gasteiger partial charge >= 0.3 is 18.2 Å². The molecule has 23 nitrogen and oxygen atoms in total. The number of carboxylic acids is 1. The molecule has 2 unspecified atom stereocenters. The van der Waals surface area contributed by atoms with Crippen LogP contribution in [0.25, 0.3) is 46.3 Å². The summed E-state index contributed by atoms with van der Waals surface area (Å²) in [5.74, 6) is -1.32. The molecule has 23 heteroatoms. The van der Waals surface area contributed by atoms with Crippen LogP contribution >= 0.6 is 0 Å². The Labute approximate surface area is 358 Å². The molecule has 0 aliphatic carbocycles. The molecular weight excluding hydrogens is 828 g/mol. The Morgan fingerprint density at radius 3 is 1.54 bits per heavy atom. The molecule has 0 aliphatic rings. The lowest BCUT2D eigenvalue weighted by molar-refractivity contribution is -0.433. The van der Waals surface area contributed by atoms with Gasteiger partial charge in [-0.3, -0.25) is 4.79 Å². The molecule has 6 heterocycles. The maximum absolute atomic E-state index is 13.6. The number of ether oxygens (including phenoxy) is 2. The van der Waals surface area contributed by atoms with Gasteiger partial charge in [0.05, 0.1) is 0 Å². The average Bonchev–Trinajstić information content (AvgIpc) is 4.04. The number of rotatable bonds is 19. The number of alkyl carbamates (subject to hydrolysis) is 2. The van der Waals surface area contributed by atoms with E-state index in [-0.39, 0.29) is 64.0 Å². The molecule has 336 valence electrons. The zero-order valence-corrected chi connectivity index (χ0v) is 35.5. The van der Waals surface area contributed by atoms with Crippen LogP contribution in [0.5, 0.6) is 0 Å². The first-order valence-electron chi connectivity index (χ1n) is 20.0. The Morgan fingerprint density at radius 2 is 1.02 bits per heavy atom. The summed E-state index contributed by atoms with van der Waals surface area (Å²) in [7, 11) is 0. The monoisotopic (exact) mass is 877 g/mol. The fraction of sp³-hybridized carbons (Fsp3) is 0.450. The van der Waals surface area contributed by atoms with E-state index in [1.54, 1.807) is 41.5 Å². The van der Waals surface area contributed by atoms with Crippen LogP contribution in [0.2, 0.25) is 0 Å². The predicted octanol–water partition coefficient (Wildman–Crippen LogP) is 6.12. The number of aromatic carboxylic acids is 1. The van der Waals surface area contributed by atoms with E-state index in [1.807, 2.05) is 0 Å². The van der Waals surface area contributed by atoms with Gasteiger partial charge in [0.2, 0.25) is 29.5 Å². The first-order chi connectivity index (χ1) is 29.9. The summed E-state index contributed by atoms with van der Waals surface area (Å²) in [6, 6.07) is -1.06. The van der Waals surface area contributed by atoms with Gasteiger partial charge in [-0.2, -0.15) is 0 Å². The molecule has 2 atom stereocenters. The lowest BCUT2D eigenvalue weighted by atomic mass is 10.1. The van der Waals surface area contributed by atoms with Gasteiger partial charge in [-0.1, -0.05) is 0 Å². The molecule has 3 amide bonds. The SMILES string of the molecule is CC(C)(C)OC(=O)NCCCCC([NH3+])c1nc(-c2nc(-c3nc(C(=O)NC(CCCCNC(=O)OC(C)(C)C)c4nc(-c5nc(-c6nc(C(=O)O)co6)co5)co4)co3)co2)co1. The maximum atomic E-state index is 13.6. The number of oxazole rings is 6. The lowest BCUT2D eigenvalue weighted by Gasteiger charge is -2.19. The van der Waals surface area contributed by atoms with E-state index in [0.29, 0.717) is 56.8 Å². The average molecular weight is 878 g/mol. The lowest BCUT2D eigenvalue weighted by Crippen LogP contribution is -2.53. The molecule has 0 aromatic carbocycles. The Hall–Kier alpha value is -7.30. The minimum absolute atomic E-state index is 0.00158. The quantitative estimate of drug-likeness (QED) is 0.0571. The third-order valence-corrected chi connectivity index (χ3v) is 8.58. The van der Waals surface area contributed by atoms with Gasteiger partial charge in [0.15, 0.2) is 40.2 Å². The van der Waals surface area contributed by atoms with Crippen LogP contribution in [0.1, 0.15) is 125 Å². The smallest absolute Gasteiger partial charge is 0.407 e. The number of aromatic nitrogens is 6. The number of carbonyl (C=O) groups excluding carboxylic acids is 3. The summed E-state index contributed by atoms with van der Waals surface area (Å²) in [4.78, 5) is 74.7. The highest BCUT2D eigenvalue weighted by Gasteiger charge is 2.27. The van der Waals surface area contributed by atoms with E-state index in [9.17, 15) is 19.2 Å². The van der Waals surface area contributed by atoms with Crippen LogP contribution in [0.3, 0.4) is 0 Å². The van der Waals surface area contributed by atoms with Crippen molar-refractivity contribution in [3.05, 3.63) is 60.7 Å². The number of nitrogens with zero attached hydrogens (tertiary/aromatic N) is 6. The molecule has 0 saturated heterocycles. The fourth-order valence-corrected chi connectivity index (χ4v) is 5.70. The molecule has 63 heavy (non-hydrogen) atoms. The standard InChI is InChI=1S/C40H48N10O13/c1-39(2,3)62-37(54)42-13-9-7-11-21(41)30-46-24(16-56-30)33-48-25(18-59-33)32-45-23(15-57-32)29(51)44-22(12-8-10-14-43-38(55)63-40(4,5)6)31-47-26(17-58-31)34-49-27(19-60-34)35-50-28(20-61-35)36(52)53/h15-22H,7-14,41H2,1-6H3,(H,42,54)(H,43,55)(H,44,51)(H,52,53)/p+1. The number of nitrogens with one attached hydrogen (secondary N) is 3. The van der Waals surface area contributed by atoms with E-state index < -0.39 is 41.3 Å². The first kappa shape index (κ1) is 45.2. The molecule has 0 fully saturated rings. The van der Waals surface area contributed by atoms with E-state index in [4.69, 9.17) is 41.1 Å². The molecule has 0 spiro atoms. The third-order valence-electron chi connectivity index (χ3n) is 8.58. The Morgan fingerprint density at radius 1 is 0.587 bits per heavy atom. The molecule has 7 N–H and O–H groups in total. The van der Waals surface area contributed by atoms with Crippen LogP contribution in [0.4, 0.5) is 9.59 Å². The molecule has 0 saturated carbocycles. The topological polar surface area (TPSA) is 327 Å². The van der Waals surface area contributed by atoms with Crippen LogP contribution in [-0.2, 0) is 9.47 Å². The van der Waals surface area contributed by atoms with Crippen molar-refractivity contribution in [3.63, 3.8) is 0 Å². The van der Waals surface area contributed by atoms with Gasteiger partial charge in [-0.25, -0.2) is 44.3 Å². The second-order valence-corrected chi connectivity index (χ2v) is 16.2. The predicted molar refractivity (Wildman–Crippen MR) is 214 cm³/mol. The van der Waals surface area contributed by atoms with Crippen molar-refractivity contribution >= 4 is 24.1 Å². The van der Waals surface area contributed by atoms with E-state index in [2.05, 4.69) is 51.6 Å². The summed E-state index contributed by atoms with van der Waals surface area (Å²) in [5, 5.41) is 17.5. The highest BCUT2D eigenvalue weighted by molar-refractivity contribution is 5.92. The number of unbranched alkanes of at least 4 members (excludes halogenated alkanes) is 2. The van der Waals surface area contributed by atoms with Crippen LogP contribution in [0.15, 0.2) is 64.1 Å². The van der Waals surface area contributed by atoms with Crippen molar-refractivity contribution in [2.75, 3.05) is 13.1 Å². The zero-order valence-electron chi connectivity index (χ0n) is 35.5. The number of hydrogen-bond acceptors (Lipinski definition) is 18. The van der Waals surface area contributed by atoms with Gasteiger partial charge in [-0.05, 0) is 73.6 Å². The van der Waals surface area contributed by atoms with Crippen LogP contribution in [0, 0.1) is 0 Å². The largest absolute Gasteiger partial charge is 0.476 e. The second kappa shape index (κ2) is 19.6. The van der Waals surface area contributed by atoms with Crippen LogP contribution < -0.4 is 21.7 Å². The van der Waals surface area contributed by atoms with Gasteiger partial charge in [0.25, 0.3) is 11.8 Å². The fourth-order valence-electron chi connectivity index (χ4n) is 5.70.